The average molecular weight is 339 g/mol. The smallest absolute Gasteiger partial charge is 0.465 e. The molecule has 136 valence electrons. The lowest BCUT2D eigenvalue weighted by Gasteiger charge is -2.57. The van der Waals surface area contributed by atoms with Gasteiger partial charge >= 0.3 is 13.1 Å². The number of rotatable bonds is 3. The summed E-state index contributed by atoms with van der Waals surface area (Å²) >= 11 is 0. The predicted octanol–water partition coefficient (Wildman–Crippen LogP) is 2.50. The van der Waals surface area contributed by atoms with E-state index < -0.39 is 34.9 Å². The zero-order chi connectivity index (χ0) is 18.2. The number of ether oxygens (including phenoxy) is 1. The molecule has 0 N–H and O–H groups in total. The molecule has 3 aliphatic rings. The fraction of sp³-hybridized carbons (Fsp3) is 0.941. The Labute approximate surface area is 145 Å². The summed E-state index contributed by atoms with van der Waals surface area (Å²) in [4.78, 5) is 18.8. The van der Waals surface area contributed by atoms with Gasteiger partial charge in [-0.25, -0.2) is 4.79 Å². The number of hydroxylamine groups is 2. The zero-order valence-electron chi connectivity index (χ0n) is 16.2. The van der Waals surface area contributed by atoms with Crippen LogP contribution in [-0.2, 0) is 23.7 Å². The number of hydrogen-bond acceptors (Lipinski definition) is 6. The molecule has 3 saturated heterocycles. The minimum atomic E-state index is -0.738. The third-order valence-electron chi connectivity index (χ3n) is 5.98. The lowest BCUT2D eigenvalue weighted by Crippen LogP contribution is -2.78. The van der Waals surface area contributed by atoms with Crippen LogP contribution in [0.4, 0.5) is 0 Å². The van der Waals surface area contributed by atoms with Crippen LogP contribution in [0.25, 0.3) is 0 Å². The fourth-order valence-corrected chi connectivity index (χ4v) is 4.21. The van der Waals surface area contributed by atoms with E-state index in [2.05, 4.69) is 0 Å². The van der Waals surface area contributed by atoms with Gasteiger partial charge in [-0.1, -0.05) is 0 Å². The topological polar surface area (TPSA) is 57.2 Å². The van der Waals surface area contributed by atoms with E-state index in [0.717, 1.165) is 0 Å². The van der Waals surface area contributed by atoms with Crippen molar-refractivity contribution < 1.29 is 23.7 Å². The number of esters is 1. The van der Waals surface area contributed by atoms with E-state index in [-0.39, 0.29) is 5.97 Å². The zero-order valence-corrected chi connectivity index (χ0v) is 16.2. The van der Waals surface area contributed by atoms with Crippen LogP contribution in [0.2, 0.25) is 0 Å². The van der Waals surface area contributed by atoms with Crippen molar-refractivity contribution in [3.05, 3.63) is 0 Å². The van der Waals surface area contributed by atoms with E-state index in [9.17, 15) is 4.79 Å². The van der Waals surface area contributed by atoms with E-state index in [1.54, 1.807) is 5.06 Å². The van der Waals surface area contributed by atoms with Crippen molar-refractivity contribution >= 4 is 13.1 Å². The average Bonchev–Trinajstić information content (AvgIpc) is 2.78. The summed E-state index contributed by atoms with van der Waals surface area (Å²) in [5, 5.41) is 1.79. The Morgan fingerprint density at radius 1 is 1.04 bits per heavy atom. The number of nitrogens with zero attached hydrogens (tertiary/aromatic N) is 1. The lowest BCUT2D eigenvalue weighted by atomic mass is 9.52. The van der Waals surface area contributed by atoms with Gasteiger partial charge in [0.2, 0.25) is 0 Å². The maximum atomic E-state index is 12.6. The Hall–Kier alpha value is -0.625. The molecule has 0 saturated carbocycles. The van der Waals surface area contributed by atoms with Gasteiger partial charge in [0.25, 0.3) is 0 Å². The normalized spacial score (nSPS) is 39.4. The Bertz CT molecular complexity index is 547. The molecule has 0 amide bonds. The van der Waals surface area contributed by atoms with Crippen molar-refractivity contribution in [2.75, 3.05) is 6.61 Å². The molecule has 0 aromatic carbocycles. The van der Waals surface area contributed by atoms with Crippen LogP contribution < -0.4 is 0 Å². The molecule has 0 aliphatic carbocycles. The van der Waals surface area contributed by atoms with Crippen LogP contribution in [0.15, 0.2) is 0 Å². The first-order valence-corrected chi connectivity index (χ1v) is 8.82. The van der Waals surface area contributed by atoms with Crippen LogP contribution in [-0.4, -0.2) is 52.5 Å². The van der Waals surface area contributed by atoms with E-state index in [1.807, 2.05) is 55.4 Å². The van der Waals surface area contributed by atoms with Crippen LogP contribution in [0.1, 0.15) is 68.2 Å². The highest BCUT2D eigenvalue weighted by Gasteiger charge is 2.77. The predicted molar refractivity (Wildman–Crippen MR) is 90.1 cm³/mol. The van der Waals surface area contributed by atoms with Gasteiger partial charge in [0.15, 0.2) is 0 Å². The molecule has 2 atom stereocenters. The van der Waals surface area contributed by atoms with Gasteiger partial charge in [-0.2, -0.15) is 5.06 Å². The molecule has 0 aromatic rings. The highest BCUT2D eigenvalue weighted by atomic mass is 16.7. The monoisotopic (exact) mass is 339 g/mol. The minimum Gasteiger partial charge on any atom is -0.465 e. The lowest BCUT2D eigenvalue weighted by molar-refractivity contribution is -0.301. The summed E-state index contributed by atoms with van der Waals surface area (Å²) in [7, 11) is -0.459. The molecule has 2 unspecified atom stereocenters. The Morgan fingerprint density at radius 2 is 1.58 bits per heavy atom. The summed E-state index contributed by atoms with van der Waals surface area (Å²) in [5.74, 6) is -0.218. The highest BCUT2D eigenvalue weighted by molar-refractivity contribution is 6.50. The molecule has 3 rings (SSSR count). The first kappa shape index (κ1) is 18.2. The Balaban J connectivity index is 1.89. The second-order valence-electron chi connectivity index (χ2n) is 9.20. The Kier molecular flexibility index (Phi) is 3.76. The van der Waals surface area contributed by atoms with Crippen LogP contribution in [0, 0.1) is 0 Å². The summed E-state index contributed by atoms with van der Waals surface area (Å²) < 4.78 is 17.8. The van der Waals surface area contributed by atoms with E-state index in [4.69, 9.17) is 18.9 Å². The van der Waals surface area contributed by atoms with Gasteiger partial charge < -0.3 is 14.0 Å². The van der Waals surface area contributed by atoms with Crippen LogP contribution in [0.5, 0.6) is 0 Å². The Morgan fingerprint density at radius 3 is 2.08 bits per heavy atom. The third kappa shape index (κ3) is 2.28. The maximum absolute atomic E-state index is 12.6. The number of hydrogen-bond donors (Lipinski definition) is 0. The standard InChI is InChI=1S/C17H30BNO5/c1-9-21-12(20)17-10-13(2,3)24-19(17)16(8,11-17)18-22-14(4,5)15(6,7)23-18/h9-11H2,1-8H3. The molecule has 3 aliphatic heterocycles. The number of carbonyl (C=O) groups excluding carboxylic acids is 1. The van der Waals surface area contributed by atoms with Crippen molar-refractivity contribution in [3.8, 4) is 0 Å². The van der Waals surface area contributed by atoms with E-state index in [0.29, 0.717) is 19.4 Å². The number of fused-ring (bicyclic) bond motifs is 1. The van der Waals surface area contributed by atoms with Gasteiger partial charge in [0, 0.05) is 6.42 Å². The second-order valence-corrected chi connectivity index (χ2v) is 9.20. The van der Waals surface area contributed by atoms with Crippen LogP contribution in [0.3, 0.4) is 0 Å². The summed E-state index contributed by atoms with van der Waals surface area (Å²) in [5.41, 5.74) is -2.52. The van der Waals surface area contributed by atoms with Crippen LogP contribution >= 0.6 is 0 Å². The van der Waals surface area contributed by atoms with Gasteiger partial charge in [-0.15, -0.1) is 0 Å². The molecule has 6 nitrogen and oxygen atoms in total. The SMILES string of the molecule is CCOC(=O)C12CC(C)(C)ON1C(C)(B1OC(C)(C)C(C)(C)O1)C2. The van der Waals surface area contributed by atoms with E-state index in [1.165, 1.54) is 0 Å². The summed E-state index contributed by atoms with van der Waals surface area (Å²) in [6.07, 6.45) is 1.20. The fourth-order valence-electron chi connectivity index (χ4n) is 4.21. The van der Waals surface area contributed by atoms with Crippen molar-refractivity contribution in [1.29, 1.82) is 0 Å². The summed E-state index contributed by atoms with van der Waals surface area (Å²) in [6, 6.07) is 0. The third-order valence-corrected chi connectivity index (χ3v) is 5.98. The van der Waals surface area contributed by atoms with E-state index >= 15 is 0 Å². The van der Waals surface area contributed by atoms with Gasteiger partial charge in [0.1, 0.15) is 5.54 Å². The molecule has 7 heteroatoms. The molecular weight excluding hydrogens is 309 g/mol. The molecule has 0 aromatic heterocycles. The summed E-state index contributed by atoms with van der Waals surface area (Å²) in [6.45, 7) is 16.3. The van der Waals surface area contributed by atoms with Crippen molar-refractivity contribution in [3.63, 3.8) is 0 Å². The first-order valence-electron chi connectivity index (χ1n) is 8.82. The molecule has 0 spiro atoms. The molecule has 3 heterocycles. The second kappa shape index (κ2) is 4.97. The van der Waals surface area contributed by atoms with Crippen molar-refractivity contribution in [1.82, 2.24) is 5.06 Å². The van der Waals surface area contributed by atoms with Crippen molar-refractivity contribution in [2.45, 2.75) is 96.0 Å². The minimum absolute atomic E-state index is 0.218. The highest BCUT2D eigenvalue weighted by Crippen LogP contribution is 2.59. The van der Waals surface area contributed by atoms with Gasteiger partial charge in [-0.3, -0.25) is 4.84 Å². The molecule has 0 radical (unpaired) electrons. The van der Waals surface area contributed by atoms with Gasteiger partial charge in [-0.05, 0) is 61.8 Å². The molecule has 24 heavy (non-hydrogen) atoms. The van der Waals surface area contributed by atoms with Gasteiger partial charge in [0.05, 0.1) is 28.8 Å². The quantitative estimate of drug-likeness (QED) is 0.582. The number of carbonyl (C=O) groups is 1. The first-order chi connectivity index (χ1) is 10.8. The van der Waals surface area contributed by atoms with Crippen molar-refractivity contribution in [2.24, 2.45) is 0 Å². The molecular formula is C17H30BNO5. The molecule has 3 fully saturated rings. The molecule has 0 bridgehead atoms. The maximum Gasteiger partial charge on any atom is 0.482 e. The largest absolute Gasteiger partial charge is 0.482 e.